The van der Waals surface area contributed by atoms with E-state index in [0.717, 1.165) is 23.3 Å². The van der Waals surface area contributed by atoms with E-state index in [1.807, 2.05) is 31.2 Å². The first-order valence-electron chi connectivity index (χ1n) is 13.4. The number of rotatable bonds is 3. The number of nitrogens with zero attached hydrogens (tertiary/aromatic N) is 1. The van der Waals surface area contributed by atoms with Gasteiger partial charge in [0.05, 0.1) is 35.7 Å². The Morgan fingerprint density at radius 2 is 1.88 bits per heavy atom. The van der Waals surface area contributed by atoms with Gasteiger partial charge in [-0.25, -0.2) is 13.6 Å². The largest absolute Gasteiger partial charge is 0.465 e. The normalized spacial score (nSPS) is 19.3. The molecule has 0 radical (unpaired) electrons. The van der Waals surface area contributed by atoms with Crippen LogP contribution >= 0.6 is 11.6 Å². The van der Waals surface area contributed by atoms with Gasteiger partial charge < -0.3 is 15.0 Å². The van der Waals surface area contributed by atoms with Crippen molar-refractivity contribution in [1.29, 1.82) is 0 Å². The molecule has 2 aliphatic heterocycles. The average molecular weight is 579 g/mol. The van der Waals surface area contributed by atoms with Crippen LogP contribution in [0.3, 0.4) is 0 Å². The molecule has 0 spiro atoms. The number of methoxy groups -OCH3 is 1. The fraction of sp³-hybridized carbons (Fsp3) is 0.281. The molecule has 0 saturated heterocycles. The second-order valence-corrected chi connectivity index (χ2v) is 10.8. The lowest BCUT2D eigenvalue weighted by Gasteiger charge is -2.35. The smallest absolute Gasteiger partial charge is 0.337 e. The molecule has 0 aromatic heterocycles. The number of esters is 1. The van der Waals surface area contributed by atoms with Crippen LogP contribution in [-0.4, -0.2) is 36.3 Å². The number of anilines is 1. The Morgan fingerprint density at radius 1 is 1.07 bits per heavy atom. The number of nitrogens with one attached hydrogen (secondary N) is 1. The molecule has 5 rings (SSSR count). The van der Waals surface area contributed by atoms with Gasteiger partial charge in [-0.05, 0) is 65.9 Å². The number of amides is 2. The molecular formula is C32H29ClF2N2O4. The predicted octanol–water partition coefficient (Wildman–Crippen LogP) is 7.19. The molecule has 2 heterocycles. The molecule has 3 aromatic rings. The van der Waals surface area contributed by atoms with Gasteiger partial charge in [0.2, 0.25) is 11.8 Å². The van der Waals surface area contributed by atoms with E-state index in [0.29, 0.717) is 36.1 Å². The zero-order valence-corrected chi connectivity index (χ0v) is 23.4. The lowest BCUT2D eigenvalue weighted by atomic mass is 9.90. The Morgan fingerprint density at radius 3 is 2.63 bits per heavy atom. The van der Waals surface area contributed by atoms with Crippen molar-refractivity contribution < 1.29 is 27.9 Å². The van der Waals surface area contributed by atoms with Gasteiger partial charge in [-0.3, -0.25) is 9.59 Å². The summed E-state index contributed by atoms with van der Waals surface area (Å²) in [6, 6.07) is 14.5. The van der Waals surface area contributed by atoms with E-state index in [4.69, 9.17) is 16.3 Å². The minimum Gasteiger partial charge on any atom is -0.465 e. The van der Waals surface area contributed by atoms with Crippen LogP contribution in [0.5, 0.6) is 0 Å². The zero-order valence-electron chi connectivity index (χ0n) is 22.7. The van der Waals surface area contributed by atoms with Gasteiger partial charge in [0.1, 0.15) is 5.82 Å². The van der Waals surface area contributed by atoms with E-state index >= 15 is 0 Å². The molecule has 9 heteroatoms. The maximum atomic E-state index is 14.7. The molecule has 2 bridgehead atoms. The van der Waals surface area contributed by atoms with Gasteiger partial charge in [-0.2, -0.15) is 0 Å². The van der Waals surface area contributed by atoms with Gasteiger partial charge in [0.25, 0.3) is 0 Å². The van der Waals surface area contributed by atoms with Crippen molar-refractivity contribution in [1.82, 2.24) is 4.90 Å². The molecule has 2 unspecified atom stereocenters. The van der Waals surface area contributed by atoms with Crippen LogP contribution in [0.2, 0.25) is 5.02 Å². The molecule has 6 nitrogen and oxygen atoms in total. The lowest BCUT2D eigenvalue weighted by molar-refractivity contribution is -0.132. The predicted molar refractivity (Wildman–Crippen MR) is 153 cm³/mol. The molecule has 3 aromatic carbocycles. The number of benzene rings is 3. The summed E-state index contributed by atoms with van der Waals surface area (Å²) in [7, 11) is 1.31. The van der Waals surface area contributed by atoms with Crippen LogP contribution in [0, 0.1) is 17.6 Å². The summed E-state index contributed by atoms with van der Waals surface area (Å²) < 4.78 is 34.2. The lowest BCUT2D eigenvalue weighted by Crippen LogP contribution is -2.38. The van der Waals surface area contributed by atoms with Crippen molar-refractivity contribution in [2.75, 3.05) is 19.0 Å². The molecule has 2 atom stereocenters. The Bertz CT molecular complexity index is 1570. The van der Waals surface area contributed by atoms with Crippen molar-refractivity contribution in [3.8, 4) is 11.1 Å². The summed E-state index contributed by atoms with van der Waals surface area (Å²) in [4.78, 5) is 40.5. The summed E-state index contributed by atoms with van der Waals surface area (Å²) in [6.45, 7) is 2.01. The van der Waals surface area contributed by atoms with Gasteiger partial charge in [0, 0.05) is 23.7 Å². The molecule has 2 aliphatic rings. The molecule has 212 valence electrons. The molecular weight excluding hydrogens is 550 g/mol. The van der Waals surface area contributed by atoms with Crippen LogP contribution in [-0.2, 0) is 14.3 Å². The van der Waals surface area contributed by atoms with E-state index < -0.39 is 17.6 Å². The number of carbonyl (C=O) groups is 3. The van der Waals surface area contributed by atoms with Crippen LogP contribution in [0.15, 0.2) is 60.7 Å². The SMILES string of the molecule is COC(=O)c1ccc2c(c1)-c1cccc(c1)C(N1CC=C(c3c(F)ccc(Cl)c3F)CC1=O)CCCC(C)C(=O)N2. The fourth-order valence-corrected chi connectivity index (χ4v) is 5.67. The van der Waals surface area contributed by atoms with E-state index in [1.165, 1.54) is 7.11 Å². The van der Waals surface area contributed by atoms with Gasteiger partial charge in [-0.15, -0.1) is 0 Å². The van der Waals surface area contributed by atoms with Gasteiger partial charge in [0.15, 0.2) is 5.82 Å². The maximum absolute atomic E-state index is 14.7. The quantitative estimate of drug-likeness (QED) is 0.264. The average Bonchev–Trinajstić information content (AvgIpc) is 2.97. The Labute approximate surface area is 241 Å². The number of hydrogen-bond donors (Lipinski definition) is 1. The summed E-state index contributed by atoms with van der Waals surface area (Å²) >= 11 is 5.89. The third-order valence-electron chi connectivity index (χ3n) is 7.78. The molecule has 41 heavy (non-hydrogen) atoms. The highest BCUT2D eigenvalue weighted by Crippen LogP contribution is 2.38. The van der Waals surface area contributed by atoms with E-state index in [9.17, 15) is 23.2 Å². The Hall–Kier alpha value is -4.04. The van der Waals surface area contributed by atoms with E-state index in [2.05, 4.69) is 5.32 Å². The molecule has 0 fully saturated rings. The van der Waals surface area contributed by atoms with Crippen molar-refractivity contribution in [2.45, 2.75) is 38.6 Å². The topological polar surface area (TPSA) is 75.7 Å². The molecule has 0 aliphatic carbocycles. The zero-order chi connectivity index (χ0) is 29.3. The second kappa shape index (κ2) is 11.8. The third-order valence-corrected chi connectivity index (χ3v) is 8.07. The molecule has 2 amide bonds. The van der Waals surface area contributed by atoms with Crippen LogP contribution < -0.4 is 5.32 Å². The maximum Gasteiger partial charge on any atom is 0.337 e. The number of hydrogen-bond acceptors (Lipinski definition) is 4. The Balaban J connectivity index is 1.55. The first-order chi connectivity index (χ1) is 19.7. The molecule has 0 saturated carbocycles. The van der Waals surface area contributed by atoms with Crippen LogP contribution in [0.25, 0.3) is 16.7 Å². The number of carbonyl (C=O) groups excluding carboxylic acids is 3. The fourth-order valence-electron chi connectivity index (χ4n) is 5.52. The van der Waals surface area contributed by atoms with Gasteiger partial charge in [-0.1, -0.05) is 49.2 Å². The number of ether oxygens (including phenoxy) is 1. The highest BCUT2D eigenvalue weighted by Gasteiger charge is 2.31. The van der Waals surface area contributed by atoms with Crippen LogP contribution in [0.4, 0.5) is 14.5 Å². The van der Waals surface area contributed by atoms with Crippen molar-refractivity contribution in [2.24, 2.45) is 5.92 Å². The van der Waals surface area contributed by atoms with E-state index in [1.54, 1.807) is 29.2 Å². The number of halogens is 3. The molecule has 1 N–H and O–H groups in total. The monoisotopic (exact) mass is 578 g/mol. The summed E-state index contributed by atoms with van der Waals surface area (Å²) in [5, 5.41) is 2.80. The van der Waals surface area contributed by atoms with E-state index in [-0.39, 0.29) is 52.9 Å². The summed E-state index contributed by atoms with van der Waals surface area (Å²) in [5.74, 6) is -2.84. The highest BCUT2D eigenvalue weighted by molar-refractivity contribution is 6.31. The standard InChI is InChI=1S/C32H29ClF2N2O4/c1-18-5-3-8-27(37-14-13-21(17-28(37)38)29-25(34)11-10-24(33)30(29)35)20-7-4-6-19(15-20)23-16-22(32(40)41-2)9-12-26(23)36-31(18)39/h4,6-7,9-13,15-16,18,27H,3,5,8,14,17H2,1-2H3,(H,36,39). The highest BCUT2D eigenvalue weighted by atomic mass is 35.5. The minimum absolute atomic E-state index is 0.141. The summed E-state index contributed by atoms with van der Waals surface area (Å²) in [5.41, 5.74) is 3.17. The van der Waals surface area contributed by atoms with Crippen molar-refractivity contribution in [3.63, 3.8) is 0 Å². The van der Waals surface area contributed by atoms with Crippen molar-refractivity contribution in [3.05, 3.63) is 94.0 Å². The van der Waals surface area contributed by atoms with Crippen LogP contribution in [0.1, 0.15) is 60.1 Å². The van der Waals surface area contributed by atoms with Gasteiger partial charge >= 0.3 is 5.97 Å². The minimum atomic E-state index is -0.880. The van der Waals surface area contributed by atoms with Crippen molar-refractivity contribution >= 4 is 40.6 Å². The third kappa shape index (κ3) is 5.75. The summed E-state index contributed by atoms with van der Waals surface area (Å²) in [6.07, 6.45) is 3.36. The Kier molecular flexibility index (Phi) is 8.22. The second-order valence-electron chi connectivity index (χ2n) is 10.4. The first-order valence-corrected chi connectivity index (χ1v) is 13.8. The first kappa shape index (κ1) is 28.5. The number of fused-ring (bicyclic) bond motifs is 4.